The number of hydrogen-bond acceptors (Lipinski definition) is 3. The number of carboxylic acid groups (broad SMARTS) is 1. The number of carbonyl (C=O) groups is 2. The molecule has 1 heterocycles. The van der Waals surface area contributed by atoms with Gasteiger partial charge in [0.1, 0.15) is 11.2 Å². The van der Waals surface area contributed by atoms with Gasteiger partial charge in [0.2, 0.25) is 0 Å². The van der Waals surface area contributed by atoms with Gasteiger partial charge in [-0.05, 0) is 18.9 Å². The van der Waals surface area contributed by atoms with Gasteiger partial charge in [-0.1, -0.05) is 18.9 Å². The molecule has 6 heteroatoms. The summed E-state index contributed by atoms with van der Waals surface area (Å²) in [7, 11) is 1.49. The number of aromatic nitrogens is 1. The average Bonchev–Trinajstić information content (AvgIpc) is 2.82. The van der Waals surface area contributed by atoms with Crippen LogP contribution in [-0.4, -0.2) is 27.1 Å². The Morgan fingerprint density at radius 1 is 1.32 bits per heavy atom. The Balaban J connectivity index is 2.28. The highest BCUT2D eigenvalue weighted by molar-refractivity contribution is 5.96. The van der Waals surface area contributed by atoms with Crippen LogP contribution in [0.4, 0.5) is 0 Å². The molecular formula is C13H16N2O4. The molecule has 0 radical (unpaired) electrons. The Labute approximate surface area is 110 Å². The van der Waals surface area contributed by atoms with E-state index in [4.69, 9.17) is 0 Å². The zero-order chi connectivity index (χ0) is 14.0. The number of carboxylic acids is 1. The van der Waals surface area contributed by atoms with Gasteiger partial charge in [-0.2, -0.15) is 0 Å². The second kappa shape index (κ2) is 4.87. The number of nitrogens with one attached hydrogen (secondary N) is 1. The van der Waals surface area contributed by atoms with E-state index in [1.54, 1.807) is 0 Å². The molecule has 0 spiro atoms. The molecule has 1 aromatic heterocycles. The third-order valence-electron chi connectivity index (χ3n) is 3.64. The minimum absolute atomic E-state index is 0.167. The van der Waals surface area contributed by atoms with Gasteiger partial charge in [-0.15, -0.1) is 0 Å². The minimum atomic E-state index is -1.19. The van der Waals surface area contributed by atoms with Crippen molar-refractivity contribution in [2.24, 2.45) is 7.05 Å². The molecule has 102 valence electrons. The number of carbonyl (C=O) groups excluding carboxylic acids is 1. The number of amides is 1. The molecule has 2 N–H and O–H groups in total. The maximum Gasteiger partial charge on any atom is 0.329 e. The predicted octanol–water partition coefficient (Wildman–Crippen LogP) is 0.512. The van der Waals surface area contributed by atoms with E-state index in [0.717, 1.165) is 12.8 Å². The van der Waals surface area contributed by atoms with Crippen LogP contribution in [0.3, 0.4) is 0 Å². The molecule has 1 saturated carbocycles. The van der Waals surface area contributed by atoms with Gasteiger partial charge >= 0.3 is 5.97 Å². The van der Waals surface area contributed by atoms with Crippen molar-refractivity contribution >= 4 is 11.9 Å². The van der Waals surface area contributed by atoms with Crippen molar-refractivity contribution in [2.45, 2.75) is 31.2 Å². The van der Waals surface area contributed by atoms with E-state index in [1.165, 1.54) is 29.8 Å². The maximum absolute atomic E-state index is 12.1. The number of hydrogen-bond donors (Lipinski definition) is 2. The topological polar surface area (TPSA) is 88.4 Å². The van der Waals surface area contributed by atoms with E-state index >= 15 is 0 Å². The summed E-state index contributed by atoms with van der Waals surface area (Å²) in [4.78, 5) is 35.0. The first kappa shape index (κ1) is 13.3. The highest BCUT2D eigenvalue weighted by Gasteiger charge is 2.42. The maximum atomic E-state index is 12.1. The number of rotatable bonds is 3. The van der Waals surface area contributed by atoms with Gasteiger partial charge in [0.25, 0.3) is 11.5 Å². The number of aliphatic carboxylic acids is 1. The molecule has 1 amide bonds. The second-order valence-electron chi connectivity index (χ2n) is 4.86. The van der Waals surface area contributed by atoms with Crippen molar-refractivity contribution in [3.05, 3.63) is 34.2 Å². The summed E-state index contributed by atoms with van der Waals surface area (Å²) in [6.45, 7) is 0. The average molecular weight is 264 g/mol. The zero-order valence-electron chi connectivity index (χ0n) is 10.7. The number of pyridine rings is 1. The molecule has 0 aliphatic heterocycles. The van der Waals surface area contributed by atoms with Crippen LogP contribution >= 0.6 is 0 Å². The van der Waals surface area contributed by atoms with Gasteiger partial charge in [0, 0.05) is 13.1 Å². The van der Waals surface area contributed by atoms with Crippen LogP contribution in [0.5, 0.6) is 0 Å². The molecule has 1 aliphatic carbocycles. The molecule has 0 aromatic carbocycles. The standard InChI is InChI=1S/C13H16N2O4/c1-15-9(5-4-6-10(15)16)11(17)14-13(12(18)19)7-2-3-8-13/h4-6H,2-3,7-8H2,1H3,(H,14,17)(H,18,19). The molecule has 19 heavy (non-hydrogen) atoms. The molecule has 0 saturated heterocycles. The van der Waals surface area contributed by atoms with Crippen molar-refractivity contribution in [1.29, 1.82) is 0 Å². The monoisotopic (exact) mass is 264 g/mol. The fourth-order valence-electron chi connectivity index (χ4n) is 2.44. The minimum Gasteiger partial charge on any atom is -0.480 e. The lowest BCUT2D eigenvalue weighted by molar-refractivity contribution is -0.144. The Morgan fingerprint density at radius 2 is 1.95 bits per heavy atom. The fraction of sp³-hybridized carbons (Fsp3) is 0.462. The van der Waals surface area contributed by atoms with Crippen LogP contribution in [0.15, 0.2) is 23.0 Å². The predicted molar refractivity (Wildman–Crippen MR) is 68.0 cm³/mol. The fourth-order valence-corrected chi connectivity index (χ4v) is 2.44. The van der Waals surface area contributed by atoms with Gasteiger partial charge in [-0.3, -0.25) is 9.59 Å². The van der Waals surface area contributed by atoms with Crippen LogP contribution in [0, 0.1) is 0 Å². The Bertz CT molecular complexity index is 570. The van der Waals surface area contributed by atoms with E-state index in [1.807, 2.05) is 0 Å². The summed E-state index contributed by atoms with van der Waals surface area (Å²) in [5, 5.41) is 11.9. The lowest BCUT2D eigenvalue weighted by atomic mass is 9.97. The van der Waals surface area contributed by atoms with Gasteiger partial charge in [0.05, 0.1) is 0 Å². The third kappa shape index (κ3) is 2.38. The summed E-state index contributed by atoms with van der Waals surface area (Å²) in [6.07, 6.45) is 2.41. The Hall–Kier alpha value is -2.11. The van der Waals surface area contributed by atoms with Crippen LogP contribution in [0.25, 0.3) is 0 Å². The molecule has 1 aromatic rings. The molecule has 0 bridgehead atoms. The van der Waals surface area contributed by atoms with E-state index in [9.17, 15) is 19.5 Å². The summed E-state index contributed by atoms with van der Waals surface area (Å²) in [5.74, 6) is -1.54. The Morgan fingerprint density at radius 3 is 2.53 bits per heavy atom. The third-order valence-corrected chi connectivity index (χ3v) is 3.64. The van der Waals surface area contributed by atoms with E-state index < -0.39 is 17.4 Å². The smallest absolute Gasteiger partial charge is 0.329 e. The molecular weight excluding hydrogens is 248 g/mol. The molecule has 6 nitrogen and oxygen atoms in total. The summed E-state index contributed by atoms with van der Waals surface area (Å²) in [5.41, 5.74) is -1.33. The van der Waals surface area contributed by atoms with Crippen LogP contribution in [0.2, 0.25) is 0 Å². The first-order chi connectivity index (χ1) is 8.96. The van der Waals surface area contributed by atoms with Gasteiger partial charge < -0.3 is 15.0 Å². The molecule has 0 atom stereocenters. The first-order valence-corrected chi connectivity index (χ1v) is 6.18. The van der Waals surface area contributed by atoms with Crippen LogP contribution in [0.1, 0.15) is 36.2 Å². The second-order valence-corrected chi connectivity index (χ2v) is 4.86. The van der Waals surface area contributed by atoms with E-state index in [2.05, 4.69) is 5.32 Å². The van der Waals surface area contributed by atoms with Crippen LogP contribution in [-0.2, 0) is 11.8 Å². The van der Waals surface area contributed by atoms with Crippen LogP contribution < -0.4 is 10.9 Å². The Kier molecular flexibility index (Phi) is 3.42. The summed E-state index contributed by atoms with van der Waals surface area (Å²) < 4.78 is 1.21. The lowest BCUT2D eigenvalue weighted by Crippen LogP contribution is -2.53. The number of nitrogens with zero attached hydrogens (tertiary/aromatic N) is 1. The first-order valence-electron chi connectivity index (χ1n) is 6.18. The van der Waals surface area contributed by atoms with E-state index in [0.29, 0.717) is 12.8 Å². The van der Waals surface area contributed by atoms with Crippen molar-refractivity contribution in [3.8, 4) is 0 Å². The molecule has 2 rings (SSSR count). The van der Waals surface area contributed by atoms with Crippen molar-refractivity contribution in [2.75, 3.05) is 0 Å². The van der Waals surface area contributed by atoms with E-state index in [-0.39, 0.29) is 11.3 Å². The largest absolute Gasteiger partial charge is 0.480 e. The van der Waals surface area contributed by atoms with Crippen molar-refractivity contribution < 1.29 is 14.7 Å². The highest BCUT2D eigenvalue weighted by atomic mass is 16.4. The van der Waals surface area contributed by atoms with Crippen molar-refractivity contribution in [3.63, 3.8) is 0 Å². The van der Waals surface area contributed by atoms with Gasteiger partial charge in [0.15, 0.2) is 0 Å². The molecule has 1 aliphatic rings. The zero-order valence-corrected chi connectivity index (χ0v) is 10.7. The van der Waals surface area contributed by atoms with Gasteiger partial charge in [-0.25, -0.2) is 4.79 Å². The summed E-state index contributed by atoms with van der Waals surface area (Å²) >= 11 is 0. The summed E-state index contributed by atoms with van der Waals surface area (Å²) in [6, 6.07) is 4.33. The molecule has 1 fully saturated rings. The van der Waals surface area contributed by atoms with Crippen molar-refractivity contribution in [1.82, 2.24) is 9.88 Å². The molecule has 0 unspecified atom stereocenters. The highest BCUT2D eigenvalue weighted by Crippen LogP contribution is 2.30. The SMILES string of the molecule is Cn1c(C(=O)NC2(C(=O)O)CCCC2)cccc1=O. The quantitative estimate of drug-likeness (QED) is 0.832. The normalized spacial score (nSPS) is 17.1. The lowest BCUT2D eigenvalue weighted by Gasteiger charge is -2.25.